The molecule has 0 aliphatic carbocycles. The maximum absolute atomic E-state index is 13.3. The van der Waals surface area contributed by atoms with Crippen molar-refractivity contribution in [3.63, 3.8) is 0 Å². The molecule has 0 aliphatic heterocycles. The van der Waals surface area contributed by atoms with Gasteiger partial charge in [0.25, 0.3) is 0 Å². The molecule has 5 aromatic rings. The molecule has 0 saturated carbocycles. The first kappa shape index (κ1) is 21.9. The second-order valence-corrected chi connectivity index (χ2v) is 7.93. The van der Waals surface area contributed by atoms with Crippen molar-refractivity contribution in [1.82, 2.24) is 9.78 Å². The summed E-state index contributed by atoms with van der Waals surface area (Å²) < 4.78 is 1.72. The molecule has 0 fully saturated rings. The van der Waals surface area contributed by atoms with Crippen LogP contribution in [0.2, 0.25) is 0 Å². The lowest BCUT2D eigenvalue weighted by Crippen LogP contribution is -2.02. The van der Waals surface area contributed by atoms with Gasteiger partial charge in [-0.2, -0.15) is 5.10 Å². The minimum absolute atomic E-state index is 0.0686. The number of aromatic nitrogens is 2. The number of amides is 1. The van der Waals surface area contributed by atoms with Gasteiger partial charge in [-0.05, 0) is 48.0 Å². The molecule has 1 heterocycles. The number of para-hydroxylation sites is 2. The molecule has 0 spiro atoms. The summed E-state index contributed by atoms with van der Waals surface area (Å²) in [4.78, 5) is 24.2. The van der Waals surface area contributed by atoms with Crippen molar-refractivity contribution in [1.29, 1.82) is 0 Å². The van der Waals surface area contributed by atoms with Crippen LogP contribution >= 0.6 is 0 Å². The van der Waals surface area contributed by atoms with Crippen molar-refractivity contribution in [2.75, 3.05) is 10.6 Å². The van der Waals surface area contributed by atoms with Crippen LogP contribution in [0, 0.1) is 0 Å². The molecule has 0 atom stereocenters. The van der Waals surface area contributed by atoms with Gasteiger partial charge in [0.2, 0.25) is 6.41 Å². The van der Waals surface area contributed by atoms with E-state index in [1.165, 1.54) is 0 Å². The van der Waals surface area contributed by atoms with Crippen LogP contribution in [0.5, 0.6) is 0 Å². The first-order valence-electron chi connectivity index (χ1n) is 11.1. The van der Waals surface area contributed by atoms with Crippen molar-refractivity contribution in [2.45, 2.75) is 0 Å². The van der Waals surface area contributed by atoms with Crippen LogP contribution in [-0.4, -0.2) is 22.0 Å². The van der Waals surface area contributed by atoms with E-state index in [0.29, 0.717) is 23.2 Å². The third-order valence-electron chi connectivity index (χ3n) is 5.62. The maximum Gasteiger partial charge on any atom is 0.211 e. The quantitative estimate of drug-likeness (QED) is 0.214. The summed E-state index contributed by atoms with van der Waals surface area (Å²) in [6, 6.07) is 30.4. The zero-order valence-electron chi connectivity index (χ0n) is 18.8. The van der Waals surface area contributed by atoms with Crippen molar-refractivity contribution in [2.24, 2.45) is 0 Å². The molecule has 6 nitrogen and oxygen atoms in total. The highest BCUT2D eigenvalue weighted by Crippen LogP contribution is 2.23. The Morgan fingerprint density at radius 3 is 2.43 bits per heavy atom. The fourth-order valence-corrected chi connectivity index (χ4v) is 3.88. The maximum atomic E-state index is 13.3. The van der Waals surface area contributed by atoms with Crippen molar-refractivity contribution in [3.05, 3.63) is 120 Å². The first-order chi connectivity index (χ1) is 17.2. The normalized spacial score (nSPS) is 11.0. The molecule has 170 valence electrons. The van der Waals surface area contributed by atoms with Crippen LogP contribution in [-0.2, 0) is 4.79 Å². The highest BCUT2D eigenvalue weighted by molar-refractivity contribution is 6.11. The summed E-state index contributed by atoms with van der Waals surface area (Å²) in [6.45, 7) is 0. The molecule has 0 bridgehead atoms. The molecule has 5 rings (SSSR count). The number of rotatable bonds is 8. The number of carbonyl (C=O) groups is 2. The Morgan fingerprint density at radius 2 is 1.57 bits per heavy atom. The molecule has 1 amide bonds. The Morgan fingerprint density at radius 1 is 0.800 bits per heavy atom. The minimum atomic E-state index is -0.0686. The molecule has 0 unspecified atom stereocenters. The summed E-state index contributed by atoms with van der Waals surface area (Å²) >= 11 is 0. The van der Waals surface area contributed by atoms with Crippen molar-refractivity contribution < 1.29 is 9.59 Å². The SMILES string of the molecule is O=CNc1ccccc1C=Cn1ncc2ccc(C(=O)c3cccc(Nc4ccccc4)c3)cc21. The molecule has 2 N–H and O–H groups in total. The van der Waals surface area contributed by atoms with Crippen LogP contribution in [0.4, 0.5) is 17.1 Å². The van der Waals surface area contributed by atoms with Gasteiger partial charge in [-0.3, -0.25) is 9.59 Å². The van der Waals surface area contributed by atoms with Gasteiger partial charge >= 0.3 is 0 Å². The Bertz CT molecular complexity index is 1540. The lowest BCUT2D eigenvalue weighted by atomic mass is 10.0. The fourth-order valence-electron chi connectivity index (χ4n) is 3.88. The van der Waals surface area contributed by atoms with Crippen molar-refractivity contribution >= 4 is 52.4 Å². The second-order valence-electron chi connectivity index (χ2n) is 7.93. The summed E-state index contributed by atoms with van der Waals surface area (Å²) in [5, 5.41) is 11.4. The highest BCUT2D eigenvalue weighted by atomic mass is 16.1. The van der Waals surface area contributed by atoms with E-state index in [9.17, 15) is 9.59 Å². The van der Waals surface area contributed by atoms with Gasteiger partial charge in [0, 0.05) is 39.8 Å². The zero-order chi connectivity index (χ0) is 24.0. The zero-order valence-corrected chi connectivity index (χ0v) is 18.8. The number of ketones is 1. The molecule has 35 heavy (non-hydrogen) atoms. The Balaban J connectivity index is 1.42. The Labute approximate surface area is 202 Å². The van der Waals surface area contributed by atoms with Gasteiger partial charge < -0.3 is 10.6 Å². The van der Waals surface area contributed by atoms with Gasteiger partial charge in [-0.1, -0.05) is 60.7 Å². The van der Waals surface area contributed by atoms with E-state index in [4.69, 9.17) is 0 Å². The molecule has 1 aromatic heterocycles. The number of benzene rings is 4. The van der Waals surface area contributed by atoms with E-state index in [2.05, 4.69) is 15.7 Å². The smallest absolute Gasteiger partial charge is 0.211 e. The van der Waals surface area contributed by atoms with Gasteiger partial charge in [0.15, 0.2) is 5.78 Å². The van der Waals surface area contributed by atoms with E-state index >= 15 is 0 Å². The molecule has 4 aromatic carbocycles. The molecule has 0 aliphatic rings. The Kier molecular flexibility index (Phi) is 6.17. The fraction of sp³-hybridized carbons (Fsp3) is 0. The van der Waals surface area contributed by atoms with E-state index in [-0.39, 0.29) is 5.78 Å². The number of nitrogens with one attached hydrogen (secondary N) is 2. The van der Waals surface area contributed by atoms with Crippen LogP contribution in [0.25, 0.3) is 23.2 Å². The van der Waals surface area contributed by atoms with Gasteiger partial charge in [-0.15, -0.1) is 0 Å². The minimum Gasteiger partial charge on any atom is -0.356 e. The largest absolute Gasteiger partial charge is 0.356 e. The van der Waals surface area contributed by atoms with Gasteiger partial charge in [0.1, 0.15) is 0 Å². The predicted octanol–water partition coefficient (Wildman–Crippen LogP) is 6.21. The third kappa shape index (κ3) is 4.86. The summed E-state index contributed by atoms with van der Waals surface area (Å²) in [7, 11) is 0. The third-order valence-corrected chi connectivity index (χ3v) is 5.62. The lowest BCUT2D eigenvalue weighted by molar-refractivity contribution is -0.105. The number of anilines is 3. The molecular weight excluding hydrogens is 436 g/mol. The first-order valence-corrected chi connectivity index (χ1v) is 11.1. The monoisotopic (exact) mass is 458 g/mol. The topological polar surface area (TPSA) is 76.0 Å². The molecule has 6 heteroatoms. The lowest BCUT2D eigenvalue weighted by Gasteiger charge is -2.08. The molecule has 0 saturated heterocycles. The number of nitrogens with zero attached hydrogens (tertiary/aromatic N) is 2. The van der Waals surface area contributed by atoms with Crippen LogP contribution < -0.4 is 10.6 Å². The van der Waals surface area contributed by atoms with E-state index in [0.717, 1.165) is 27.8 Å². The Hall–Kier alpha value is -4.97. The molecular formula is C29H22N4O2. The predicted molar refractivity (Wildman–Crippen MR) is 141 cm³/mol. The number of carbonyl (C=O) groups excluding carboxylic acids is 2. The van der Waals surface area contributed by atoms with E-state index in [1.54, 1.807) is 10.9 Å². The number of hydrogen-bond donors (Lipinski definition) is 2. The highest BCUT2D eigenvalue weighted by Gasteiger charge is 2.12. The van der Waals surface area contributed by atoms with Gasteiger partial charge in [0.05, 0.1) is 11.7 Å². The molecule has 0 radical (unpaired) electrons. The number of fused-ring (bicyclic) bond motifs is 1. The summed E-state index contributed by atoms with van der Waals surface area (Å²) in [6.07, 6.45) is 6.09. The van der Waals surface area contributed by atoms with Crippen LogP contribution in [0.3, 0.4) is 0 Å². The summed E-state index contributed by atoms with van der Waals surface area (Å²) in [5.41, 5.74) is 5.34. The second kappa shape index (κ2) is 9.89. The van der Waals surface area contributed by atoms with E-state index in [1.807, 2.05) is 109 Å². The summed E-state index contributed by atoms with van der Waals surface area (Å²) in [5.74, 6) is -0.0686. The average Bonchev–Trinajstić information content (AvgIpc) is 3.31. The van der Waals surface area contributed by atoms with Gasteiger partial charge in [-0.25, -0.2) is 4.68 Å². The van der Waals surface area contributed by atoms with Crippen LogP contribution in [0.15, 0.2) is 103 Å². The average molecular weight is 459 g/mol. The standard InChI is InChI=1S/C29H22N4O2/c34-20-30-27-12-5-4-7-21(27)15-16-33-28-18-23(13-14-24(28)19-31-33)29(35)22-8-6-11-26(17-22)32-25-9-2-1-3-10-25/h1-20,32H,(H,30,34). The van der Waals surface area contributed by atoms with Crippen LogP contribution in [0.1, 0.15) is 21.5 Å². The van der Waals surface area contributed by atoms with Crippen molar-refractivity contribution in [3.8, 4) is 0 Å². The van der Waals surface area contributed by atoms with E-state index < -0.39 is 0 Å². The number of hydrogen-bond acceptors (Lipinski definition) is 4.